The van der Waals surface area contributed by atoms with Gasteiger partial charge in [-0.05, 0) is 25.5 Å². The predicted octanol–water partition coefficient (Wildman–Crippen LogP) is 3.93. The second-order valence-electron chi connectivity index (χ2n) is 4.12. The number of hydrogen-bond acceptors (Lipinski definition) is 3. The normalized spacial score (nSPS) is 10.4. The molecular formula is C14H16ClN3. The van der Waals surface area contributed by atoms with Gasteiger partial charge in [-0.2, -0.15) is 0 Å². The zero-order chi connectivity index (χ0) is 13.0. The van der Waals surface area contributed by atoms with E-state index in [4.69, 9.17) is 11.6 Å². The van der Waals surface area contributed by atoms with E-state index in [2.05, 4.69) is 22.2 Å². The number of nitrogens with one attached hydrogen (secondary N) is 1. The van der Waals surface area contributed by atoms with Crippen LogP contribution >= 0.6 is 11.6 Å². The maximum atomic E-state index is 5.89. The van der Waals surface area contributed by atoms with Gasteiger partial charge in [-0.25, -0.2) is 9.97 Å². The van der Waals surface area contributed by atoms with Crippen molar-refractivity contribution in [1.29, 1.82) is 0 Å². The molecule has 0 aliphatic rings. The molecule has 0 spiro atoms. The Hall–Kier alpha value is -1.61. The molecule has 1 N–H and O–H groups in total. The minimum atomic E-state index is 0.730. The fraction of sp³-hybridized carbons (Fsp3) is 0.286. The van der Waals surface area contributed by atoms with Crippen LogP contribution in [0.3, 0.4) is 0 Å². The van der Waals surface area contributed by atoms with Gasteiger partial charge >= 0.3 is 0 Å². The highest BCUT2D eigenvalue weighted by Crippen LogP contribution is 2.21. The van der Waals surface area contributed by atoms with Crippen LogP contribution in [-0.2, 0) is 0 Å². The minimum absolute atomic E-state index is 0.730. The molecule has 18 heavy (non-hydrogen) atoms. The van der Waals surface area contributed by atoms with E-state index in [9.17, 15) is 0 Å². The summed E-state index contributed by atoms with van der Waals surface area (Å²) in [7, 11) is 0. The standard InChI is InChI=1S/C14H16ClN3/c1-3-8-16-14-9-13(17-10(2)18-14)11-4-6-12(15)7-5-11/h4-7,9H,3,8H2,1-2H3,(H,16,17,18). The molecule has 94 valence electrons. The van der Waals surface area contributed by atoms with Gasteiger partial charge in [0.05, 0.1) is 5.69 Å². The Bertz CT molecular complexity index is 523. The lowest BCUT2D eigenvalue weighted by atomic mass is 10.1. The molecule has 2 aromatic rings. The molecule has 4 heteroatoms. The quantitative estimate of drug-likeness (QED) is 0.906. The molecular weight excluding hydrogens is 246 g/mol. The number of nitrogens with zero attached hydrogens (tertiary/aromatic N) is 2. The summed E-state index contributed by atoms with van der Waals surface area (Å²) in [5, 5.41) is 4.01. The number of rotatable bonds is 4. The maximum absolute atomic E-state index is 5.89. The van der Waals surface area contributed by atoms with Crippen molar-refractivity contribution < 1.29 is 0 Å². The van der Waals surface area contributed by atoms with Gasteiger partial charge in [-0.15, -0.1) is 0 Å². The average molecular weight is 262 g/mol. The second-order valence-corrected chi connectivity index (χ2v) is 4.56. The number of anilines is 1. The summed E-state index contributed by atoms with van der Waals surface area (Å²) in [6.45, 7) is 4.94. The fourth-order valence-corrected chi connectivity index (χ4v) is 1.81. The Labute approximate surface area is 112 Å². The Balaban J connectivity index is 2.32. The smallest absolute Gasteiger partial charge is 0.130 e. The van der Waals surface area contributed by atoms with Crippen molar-refractivity contribution in [3.8, 4) is 11.3 Å². The van der Waals surface area contributed by atoms with E-state index < -0.39 is 0 Å². The lowest BCUT2D eigenvalue weighted by molar-refractivity contribution is 0.955. The Kier molecular flexibility index (Phi) is 4.15. The summed E-state index contributed by atoms with van der Waals surface area (Å²) in [5.74, 6) is 1.63. The van der Waals surface area contributed by atoms with Gasteiger partial charge in [0.1, 0.15) is 11.6 Å². The molecule has 0 aliphatic heterocycles. The average Bonchev–Trinajstić information content (AvgIpc) is 2.36. The van der Waals surface area contributed by atoms with Crippen molar-refractivity contribution in [2.24, 2.45) is 0 Å². The van der Waals surface area contributed by atoms with E-state index in [1.165, 1.54) is 0 Å². The van der Waals surface area contributed by atoms with Crippen LogP contribution in [0.2, 0.25) is 5.02 Å². The first-order valence-corrected chi connectivity index (χ1v) is 6.42. The van der Waals surface area contributed by atoms with E-state index in [-0.39, 0.29) is 0 Å². The molecule has 2 rings (SSSR count). The summed E-state index contributed by atoms with van der Waals surface area (Å²) in [4.78, 5) is 8.81. The number of aromatic nitrogens is 2. The fourth-order valence-electron chi connectivity index (χ4n) is 1.68. The van der Waals surface area contributed by atoms with Crippen LogP contribution in [0.25, 0.3) is 11.3 Å². The molecule has 1 aromatic heterocycles. The number of benzene rings is 1. The van der Waals surface area contributed by atoms with Crippen molar-refractivity contribution in [2.45, 2.75) is 20.3 Å². The van der Waals surface area contributed by atoms with E-state index in [0.717, 1.165) is 40.9 Å². The van der Waals surface area contributed by atoms with Crippen molar-refractivity contribution in [1.82, 2.24) is 9.97 Å². The molecule has 3 nitrogen and oxygen atoms in total. The van der Waals surface area contributed by atoms with Gasteiger partial charge in [0.2, 0.25) is 0 Å². The Morgan fingerprint density at radius 2 is 1.89 bits per heavy atom. The first-order valence-electron chi connectivity index (χ1n) is 6.04. The van der Waals surface area contributed by atoms with Gasteiger partial charge in [0.15, 0.2) is 0 Å². The van der Waals surface area contributed by atoms with Gasteiger partial charge in [0, 0.05) is 23.2 Å². The van der Waals surface area contributed by atoms with Crippen molar-refractivity contribution in [3.63, 3.8) is 0 Å². The molecule has 0 saturated carbocycles. The van der Waals surface area contributed by atoms with E-state index >= 15 is 0 Å². The minimum Gasteiger partial charge on any atom is -0.370 e. The van der Waals surface area contributed by atoms with E-state index in [1.54, 1.807) is 0 Å². The zero-order valence-corrected chi connectivity index (χ0v) is 11.3. The Morgan fingerprint density at radius 3 is 2.56 bits per heavy atom. The third-order valence-electron chi connectivity index (χ3n) is 2.53. The Morgan fingerprint density at radius 1 is 1.17 bits per heavy atom. The van der Waals surface area contributed by atoms with Crippen molar-refractivity contribution in [2.75, 3.05) is 11.9 Å². The molecule has 1 heterocycles. The highest BCUT2D eigenvalue weighted by Gasteiger charge is 2.04. The molecule has 0 atom stereocenters. The third kappa shape index (κ3) is 3.20. The molecule has 1 aromatic carbocycles. The SMILES string of the molecule is CCCNc1cc(-c2ccc(Cl)cc2)nc(C)n1. The second kappa shape index (κ2) is 5.83. The molecule has 0 amide bonds. The summed E-state index contributed by atoms with van der Waals surface area (Å²) >= 11 is 5.89. The van der Waals surface area contributed by atoms with Crippen LogP contribution in [0.5, 0.6) is 0 Å². The third-order valence-corrected chi connectivity index (χ3v) is 2.79. The van der Waals surface area contributed by atoms with Crippen LogP contribution in [0, 0.1) is 6.92 Å². The highest BCUT2D eigenvalue weighted by atomic mass is 35.5. The van der Waals surface area contributed by atoms with E-state index in [0.29, 0.717) is 0 Å². The zero-order valence-electron chi connectivity index (χ0n) is 10.6. The highest BCUT2D eigenvalue weighted by molar-refractivity contribution is 6.30. The maximum Gasteiger partial charge on any atom is 0.130 e. The number of hydrogen-bond donors (Lipinski definition) is 1. The lowest BCUT2D eigenvalue weighted by Crippen LogP contribution is -2.04. The van der Waals surface area contributed by atoms with Gasteiger partial charge in [0.25, 0.3) is 0 Å². The van der Waals surface area contributed by atoms with Gasteiger partial charge < -0.3 is 5.32 Å². The molecule has 0 saturated heterocycles. The first kappa shape index (κ1) is 12.8. The summed E-state index contributed by atoms with van der Waals surface area (Å²) in [6.07, 6.45) is 1.07. The monoisotopic (exact) mass is 261 g/mol. The van der Waals surface area contributed by atoms with Gasteiger partial charge in [-0.1, -0.05) is 30.7 Å². The largest absolute Gasteiger partial charge is 0.370 e. The first-order chi connectivity index (χ1) is 8.69. The van der Waals surface area contributed by atoms with Crippen LogP contribution < -0.4 is 5.32 Å². The van der Waals surface area contributed by atoms with Crippen molar-refractivity contribution >= 4 is 17.4 Å². The lowest BCUT2D eigenvalue weighted by Gasteiger charge is -2.08. The summed E-state index contributed by atoms with van der Waals surface area (Å²) in [5.41, 5.74) is 1.96. The molecule has 0 radical (unpaired) electrons. The van der Waals surface area contributed by atoms with Gasteiger partial charge in [-0.3, -0.25) is 0 Å². The van der Waals surface area contributed by atoms with Crippen LogP contribution in [-0.4, -0.2) is 16.5 Å². The number of aryl methyl sites for hydroxylation is 1. The number of halogens is 1. The van der Waals surface area contributed by atoms with E-state index in [1.807, 2.05) is 37.3 Å². The molecule has 0 fully saturated rings. The molecule has 0 unspecified atom stereocenters. The van der Waals surface area contributed by atoms with Crippen molar-refractivity contribution in [3.05, 3.63) is 41.2 Å². The van der Waals surface area contributed by atoms with Crippen LogP contribution in [0.1, 0.15) is 19.2 Å². The topological polar surface area (TPSA) is 37.8 Å². The summed E-state index contributed by atoms with van der Waals surface area (Å²) in [6, 6.07) is 9.63. The van der Waals surface area contributed by atoms with Crippen LogP contribution in [0.15, 0.2) is 30.3 Å². The predicted molar refractivity (Wildman–Crippen MR) is 76.0 cm³/mol. The molecule has 0 bridgehead atoms. The van der Waals surface area contributed by atoms with Crippen LogP contribution in [0.4, 0.5) is 5.82 Å². The summed E-state index contributed by atoms with van der Waals surface area (Å²) < 4.78 is 0. The molecule has 0 aliphatic carbocycles.